The van der Waals surface area contributed by atoms with Crippen molar-refractivity contribution in [1.82, 2.24) is 10.3 Å². The summed E-state index contributed by atoms with van der Waals surface area (Å²) < 4.78 is 5.42. The van der Waals surface area contributed by atoms with Crippen molar-refractivity contribution in [3.05, 3.63) is 10.6 Å². The van der Waals surface area contributed by atoms with Crippen LogP contribution in [0.5, 0.6) is 0 Å². The highest BCUT2D eigenvalue weighted by molar-refractivity contribution is 7.15. The molecule has 0 spiro atoms. The number of aromatic nitrogens is 1. The molecule has 1 atom stereocenters. The third kappa shape index (κ3) is 3.99. The number of fused-ring (bicyclic) bond motifs is 1. The summed E-state index contributed by atoms with van der Waals surface area (Å²) in [5, 5.41) is 4.37. The second-order valence-electron chi connectivity index (χ2n) is 7.53. The van der Waals surface area contributed by atoms with Gasteiger partial charge in [0.25, 0.3) is 0 Å². The zero-order chi connectivity index (χ0) is 17.2. The number of hydrogen-bond donors (Lipinski definition) is 2. The van der Waals surface area contributed by atoms with Crippen molar-refractivity contribution in [3.8, 4) is 0 Å². The minimum Gasteiger partial charge on any atom is -0.378 e. The molecule has 1 saturated heterocycles. The Hall–Kier alpha value is -1.18. The highest BCUT2D eigenvalue weighted by Crippen LogP contribution is 2.34. The summed E-state index contributed by atoms with van der Waals surface area (Å²) in [7, 11) is 0. The predicted molar refractivity (Wildman–Crippen MR) is 99.0 cm³/mol. The van der Waals surface area contributed by atoms with Crippen LogP contribution in [0.1, 0.15) is 42.7 Å². The normalized spacial score (nSPS) is 30.0. The number of aryl methyl sites for hydroxylation is 1. The molecular weight excluding hydrogens is 336 g/mol. The van der Waals surface area contributed by atoms with Crippen molar-refractivity contribution in [3.63, 3.8) is 0 Å². The van der Waals surface area contributed by atoms with E-state index in [9.17, 15) is 4.79 Å². The van der Waals surface area contributed by atoms with Crippen LogP contribution in [0, 0.1) is 5.92 Å². The molecule has 6 nitrogen and oxygen atoms in total. The van der Waals surface area contributed by atoms with Crippen molar-refractivity contribution < 1.29 is 9.53 Å². The average Bonchev–Trinajstić information content (AvgIpc) is 3.07. The topological polar surface area (TPSA) is 80.5 Å². The summed E-state index contributed by atoms with van der Waals surface area (Å²) in [5.41, 5.74) is 7.10. The summed E-state index contributed by atoms with van der Waals surface area (Å²) in [6.07, 6.45) is 6.78. The predicted octanol–water partition coefficient (Wildman–Crippen LogP) is 1.47. The molecule has 1 unspecified atom stereocenters. The molecule has 1 aromatic heterocycles. The molecule has 3 aliphatic rings. The minimum absolute atomic E-state index is 0.0720. The quantitative estimate of drug-likeness (QED) is 0.849. The van der Waals surface area contributed by atoms with E-state index >= 15 is 0 Å². The lowest BCUT2D eigenvalue weighted by molar-refractivity contribution is -0.126. The summed E-state index contributed by atoms with van der Waals surface area (Å²) in [6, 6.07) is 0.632. The molecule has 2 heterocycles. The number of nitrogens with one attached hydrogen (secondary N) is 1. The molecule has 1 aromatic rings. The fraction of sp³-hybridized carbons (Fsp3) is 0.778. The standard InChI is InChI=1S/C18H28N4O2S/c19-13-2-4-14(5-3-13)20-17(23)12-1-6-16-15(11-12)21-18(25-16)22-7-9-24-10-8-22/h12-14H,1-11,19H2,(H,20,23). The lowest BCUT2D eigenvalue weighted by Gasteiger charge is -2.29. The van der Waals surface area contributed by atoms with Gasteiger partial charge >= 0.3 is 0 Å². The fourth-order valence-corrected chi connectivity index (χ4v) is 5.22. The lowest BCUT2D eigenvalue weighted by atomic mass is 9.88. The molecule has 0 bridgehead atoms. The first-order valence-electron chi connectivity index (χ1n) is 9.56. The SMILES string of the molecule is NC1CCC(NC(=O)C2CCc3sc(N4CCOCC4)nc3C2)CC1. The van der Waals surface area contributed by atoms with Gasteiger partial charge in [-0.3, -0.25) is 4.79 Å². The van der Waals surface area contributed by atoms with Gasteiger partial charge in [0, 0.05) is 42.4 Å². The third-order valence-corrected chi connectivity index (χ3v) is 6.92. The van der Waals surface area contributed by atoms with Crippen LogP contribution >= 0.6 is 11.3 Å². The van der Waals surface area contributed by atoms with Gasteiger partial charge in [-0.25, -0.2) is 4.98 Å². The number of nitrogens with zero attached hydrogens (tertiary/aromatic N) is 2. The van der Waals surface area contributed by atoms with Crippen molar-refractivity contribution in [2.24, 2.45) is 11.7 Å². The number of amides is 1. The van der Waals surface area contributed by atoms with Crippen molar-refractivity contribution >= 4 is 22.4 Å². The lowest BCUT2D eigenvalue weighted by Crippen LogP contribution is -2.44. The van der Waals surface area contributed by atoms with Gasteiger partial charge < -0.3 is 20.7 Å². The molecule has 1 amide bonds. The first-order chi connectivity index (χ1) is 12.2. The van der Waals surface area contributed by atoms with Crippen molar-refractivity contribution in [1.29, 1.82) is 0 Å². The Morgan fingerprint density at radius 2 is 1.96 bits per heavy atom. The highest BCUT2D eigenvalue weighted by atomic mass is 32.1. The second kappa shape index (κ2) is 7.60. The zero-order valence-electron chi connectivity index (χ0n) is 14.7. The Morgan fingerprint density at radius 3 is 2.72 bits per heavy atom. The summed E-state index contributed by atoms with van der Waals surface area (Å²) >= 11 is 1.81. The molecule has 1 aliphatic heterocycles. The minimum atomic E-state index is 0.0720. The molecule has 2 fully saturated rings. The summed E-state index contributed by atoms with van der Waals surface area (Å²) in [4.78, 5) is 21.2. The molecule has 7 heteroatoms. The van der Waals surface area contributed by atoms with Crippen LogP contribution in [0.2, 0.25) is 0 Å². The van der Waals surface area contributed by atoms with Crippen LogP contribution in [0.4, 0.5) is 5.13 Å². The Kier molecular flexibility index (Phi) is 5.24. The van der Waals surface area contributed by atoms with Gasteiger partial charge in [0.05, 0.1) is 18.9 Å². The Bertz CT molecular complexity index is 606. The van der Waals surface area contributed by atoms with E-state index in [1.807, 2.05) is 0 Å². The molecule has 0 radical (unpaired) electrons. The number of carbonyl (C=O) groups excluding carboxylic acids is 1. The van der Waals surface area contributed by atoms with E-state index in [0.717, 1.165) is 82.1 Å². The number of nitrogens with two attached hydrogens (primary N) is 1. The number of morpholine rings is 1. The molecular formula is C18H28N4O2S. The molecule has 25 heavy (non-hydrogen) atoms. The van der Waals surface area contributed by atoms with Crippen molar-refractivity contribution in [2.75, 3.05) is 31.2 Å². The number of ether oxygens (including phenoxy) is 1. The van der Waals surface area contributed by atoms with Crippen molar-refractivity contribution in [2.45, 2.75) is 57.0 Å². The van der Waals surface area contributed by atoms with Crippen LogP contribution in [-0.4, -0.2) is 49.3 Å². The molecule has 0 aromatic carbocycles. The molecule has 1 saturated carbocycles. The summed E-state index contributed by atoms with van der Waals surface area (Å²) in [5.74, 6) is 0.287. The van der Waals surface area contributed by atoms with Gasteiger partial charge in [-0.15, -0.1) is 11.3 Å². The van der Waals surface area contributed by atoms with E-state index in [2.05, 4.69) is 10.2 Å². The average molecular weight is 365 g/mol. The van der Waals surface area contributed by atoms with Gasteiger partial charge in [-0.2, -0.15) is 0 Å². The van der Waals surface area contributed by atoms with E-state index in [1.54, 1.807) is 11.3 Å². The molecule has 4 rings (SSSR count). The van der Waals surface area contributed by atoms with Gasteiger partial charge in [-0.05, 0) is 38.5 Å². The Morgan fingerprint density at radius 1 is 1.20 bits per heavy atom. The maximum atomic E-state index is 12.7. The Balaban J connectivity index is 1.35. The number of carbonyl (C=O) groups is 1. The summed E-state index contributed by atoms with van der Waals surface area (Å²) in [6.45, 7) is 3.39. The smallest absolute Gasteiger partial charge is 0.223 e. The van der Waals surface area contributed by atoms with E-state index in [-0.39, 0.29) is 11.8 Å². The zero-order valence-corrected chi connectivity index (χ0v) is 15.5. The third-order valence-electron chi connectivity index (χ3n) is 5.70. The second-order valence-corrected chi connectivity index (χ2v) is 8.59. The first kappa shape index (κ1) is 17.2. The van der Waals surface area contributed by atoms with E-state index in [0.29, 0.717) is 12.1 Å². The first-order valence-corrected chi connectivity index (χ1v) is 10.4. The van der Waals surface area contributed by atoms with E-state index < -0.39 is 0 Å². The number of thiazole rings is 1. The molecule has 2 aliphatic carbocycles. The highest BCUT2D eigenvalue weighted by Gasteiger charge is 2.30. The number of rotatable bonds is 3. The van der Waals surface area contributed by atoms with E-state index in [1.165, 1.54) is 4.88 Å². The van der Waals surface area contributed by atoms with Crippen LogP contribution in [0.3, 0.4) is 0 Å². The monoisotopic (exact) mass is 364 g/mol. The van der Waals surface area contributed by atoms with Crippen LogP contribution in [0.25, 0.3) is 0 Å². The van der Waals surface area contributed by atoms with Crippen LogP contribution < -0.4 is 16.0 Å². The van der Waals surface area contributed by atoms with Gasteiger partial charge in [0.2, 0.25) is 5.91 Å². The van der Waals surface area contributed by atoms with Gasteiger partial charge in [0.1, 0.15) is 0 Å². The Labute approximate surface area is 153 Å². The van der Waals surface area contributed by atoms with E-state index in [4.69, 9.17) is 15.5 Å². The largest absolute Gasteiger partial charge is 0.378 e. The molecule has 3 N–H and O–H groups in total. The fourth-order valence-electron chi connectivity index (χ4n) is 4.06. The maximum Gasteiger partial charge on any atom is 0.223 e. The number of anilines is 1. The molecule has 138 valence electrons. The van der Waals surface area contributed by atoms with Gasteiger partial charge in [-0.1, -0.05) is 0 Å². The van der Waals surface area contributed by atoms with Crippen LogP contribution in [-0.2, 0) is 22.4 Å². The van der Waals surface area contributed by atoms with Crippen LogP contribution in [0.15, 0.2) is 0 Å². The maximum absolute atomic E-state index is 12.7. The van der Waals surface area contributed by atoms with Gasteiger partial charge in [0.15, 0.2) is 5.13 Å². The number of hydrogen-bond acceptors (Lipinski definition) is 6.